The number of aromatic nitrogens is 2. The Bertz CT molecular complexity index is 1400. The zero-order valence-corrected chi connectivity index (χ0v) is 20.4. The maximum atomic E-state index is 13.6. The number of nitrogens with zero attached hydrogens (tertiary/aromatic N) is 3. The van der Waals surface area contributed by atoms with Gasteiger partial charge in [-0.05, 0) is 73.4 Å². The number of alkyl halides is 3. The van der Waals surface area contributed by atoms with Gasteiger partial charge < -0.3 is 9.64 Å². The van der Waals surface area contributed by atoms with Crippen molar-refractivity contribution >= 4 is 28.3 Å². The van der Waals surface area contributed by atoms with Crippen LogP contribution in [0.4, 0.5) is 13.2 Å². The van der Waals surface area contributed by atoms with Crippen LogP contribution in [-0.4, -0.2) is 33.2 Å². The molecule has 0 bridgehead atoms. The fraction of sp³-hybridized carbons (Fsp3) is 0.296. The molecule has 5 nitrogen and oxygen atoms in total. The molecule has 0 N–H and O–H groups in total. The Balaban J connectivity index is 1.38. The summed E-state index contributed by atoms with van der Waals surface area (Å²) >= 11 is 1.52. The molecule has 2 aromatic heterocycles. The molecule has 0 saturated heterocycles. The monoisotopic (exact) mass is 511 g/mol. The summed E-state index contributed by atoms with van der Waals surface area (Å²) in [5.41, 5.74) is 2.95. The van der Waals surface area contributed by atoms with E-state index in [9.17, 15) is 18.0 Å². The molecule has 1 saturated carbocycles. The van der Waals surface area contributed by atoms with Crippen LogP contribution in [0.3, 0.4) is 0 Å². The number of amides is 1. The van der Waals surface area contributed by atoms with E-state index in [1.54, 1.807) is 25.3 Å². The molecule has 1 fully saturated rings. The number of carbonyl (C=O) groups excluding carboxylic acids is 1. The van der Waals surface area contributed by atoms with Gasteiger partial charge in [0, 0.05) is 15.8 Å². The van der Waals surface area contributed by atoms with Crippen molar-refractivity contribution in [3.8, 4) is 16.2 Å². The minimum Gasteiger partial charge on any atom is -0.406 e. The molecule has 1 aliphatic carbocycles. The average Bonchev–Trinajstić information content (AvgIpc) is 3.55. The second kappa shape index (κ2) is 9.89. The van der Waals surface area contributed by atoms with Gasteiger partial charge in [0.1, 0.15) is 11.4 Å². The molecule has 0 atom stereocenters. The van der Waals surface area contributed by atoms with Gasteiger partial charge in [-0.15, -0.1) is 24.5 Å². The van der Waals surface area contributed by atoms with Crippen LogP contribution in [0.1, 0.15) is 46.6 Å². The van der Waals surface area contributed by atoms with Gasteiger partial charge in [-0.1, -0.05) is 25.0 Å². The van der Waals surface area contributed by atoms with Gasteiger partial charge >= 0.3 is 6.36 Å². The minimum absolute atomic E-state index is 0.136. The molecule has 9 heteroatoms. The van der Waals surface area contributed by atoms with E-state index in [0.717, 1.165) is 46.5 Å². The fourth-order valence-electron chi connectivity index (χ4n) is 4.62. The number of fused-ring (bicyclic) bond motifs is 1. The van der Waals surface area contributed by atoms with Crippen molar-refractivity contribution < 1.29 is 22.7 Å². The first-order chi connectivity index (χ1) is 17.3. The SMILES string of the molecule is Cc1cc(-c2ccc(CN(C(=O)c3cnc4ccccc4n3)C3CCCC3)s2)ccc1OC(F)(F)F. The number of aryl methyl sites for hydroxylation is 1. The first-order valence-corrected chi connectivity index (χ1v) is 12.6. The molecular weight excluding hydrogens is 487 g/mol. The van der Waals surface area contributed by atoms with Gasteiger partial charge in [-0.2, -0.15) is 0 Å². The van der Waals surface area contributed by atoms with Gasteiger partial charge in [0.25, 0.3) is 5.91 Å². The first-order valence-electron chi connectivity index (χ1n) is 11.7. The molecule has 1 aliphatic rings. The topological polar surface area (TPSA) is 55.3 Å². The van der Waals surface area contributed by atoms with Crippen LogP contribution >= 0.6 is 11.3 Å². The van der Waals surface area contributed by atoms with E-state index in [1.807, 2.05) is 41.3 Å². The summed E-state index contributed by atoms with van der Waals surface area (Å²) in [4.78, 5) is 26.4. The van der Waals surface area contributed by atoms with Crippen molar-refractivity contribution in [1.29, 1.82) is 0 Å². The number of benzene rings is 2. The Hall–Kier alpha value is -3.46. The molecule has 0 unspecified atom stereocenters. The number of carbonyl (C=O) groups is 1. The van der Waals surface area contributed by atoms with Crippen LogP contribution in [0, 0.1) is 6.92 Å². The summed E-state index contributed by atoms with van der Waals surface area (Å²) in [5.74, 6) is -0.350. The quantitative estimate of drug-likeness (QED) is 0.276. The molecule has 4 aromatic rings. The standard InChI is InChI=1S/C27H24F3N3O2S/c1-17-14-18(10-12-24(17)35-27(28,29)30)25-13-11-20(36-25)16-33(19-6-2-3-7-19)26(34)23-15-31-21-8-4-5-9-22(21)32-23/h4-5,8-15,19H,2-3,6-7,16H2,1H3. The highest BCUT2D eigenvalue weighted by atomic mass is 32.1. The van der Waals surface area contributed by atoms with Gasteiger partial charge in [-0.25, -0.2) is 4.98 Å². The molecule has 5 rings (SSSR count). The van der Waals surface area contributed by atoms with Crippen molar-refractivity contribution in [2.75, 3.05) is 0 Å². The molecule has 1 amide bonds. The summed E-state index contributed by atoms with van der Waals surface area (Å²) in [6, 6.07) is 16.1. The first kappa shape index (κ1) is 24.2. The highest BCUT2D eigenvalue weighted by molar-refractivity contribution is 7.15. The van der Waals surface area contributed by atoms with Gasteiger partial charge in [-0.3, -0.25) is 9.78 Å². The number of halogens is 3. The van der Waals surface area contributed by atoms with Crippen LogP contribution in [0.25, 0.3) is 21.5 Å². The van der Waals surface area contributed by atoms with Crippen LogP contribution in [0.5, 0.6) is 5.75 Å². The molecule has 36 heavy (non-hydrogen) atoms. The van der Waals surface area contributed by atoms with Crippen LogP contribution in [0.2, 0.25) is 0 Å². The Labute approximate surface area is 210 Å². The molecule has 186 valence electrons. The summed E-state index contributed by atoms with van der Waals surface area (Å²) in [5, 5.41) is 0. The second-order valence-corrected chi connectivity index (χ2v) is 10.1. The van der Waals surface area contributed by atoms with Gasteiger partial charge in [0.05, 0.1) is 23.8 Å². The molecule has 0 spiro atoms. The fourth-order valence-corrected chi connectivity index (χ4v) is 5.62. The maximum absolute atomic E-state index is 13.6. The summed E-state index contributed by atoms with van der Waals surface area (Å²) in [6.45, 7) is 2.03. The Morgan fingerprint density at radius 1 is 1.08 bits per heavy atom. The largest absolute Gasteiger partial charge is 0.573 e. The normalized spacial score (nSPS) is 14.3. The maximum Gasteiger partial charge on any atom is 0.573 e. The summed E-state index contributed by atoms with van der Waals surface area (Å²) in [6.07, 6.45) is 0.877. The lowest BCUT2D eigenvalue weighted by molar-refractivity contribution is -0.274. The van der Waals surface area contributed by atoms with E-state index in [2.05, 4.69) is 14.7 Å². The van der Waals surface area contributed by atoms with E-state index >= 15 is 0 Å². The minimum atomic E-state index is -4.73. The highest BCUT2D eigenvalue weighted by Crippen LogP contribution is 2.35. The average molecular weight is 512 g/mol. The molecule has 2 heterocycles. The predicted molar refractivity (Wildman–Crippen MR) is 133 cm³/mol. The molecular formula is C27H24F3N3O2S. The molecule has 0 aliphatic heterocycles. The van der Waals surface area contributed by atoms with E-state index in [1.165, 1.54) is 17.4 Å². The van der Waals surface area contributed by atoms with Crippen molar-refractivity contribution in [2.24, 2.45) is 0 Å². The Morgan fingerprint density at radius 3 is 2.56 bits per heavy atom. The van der Waals surface area contributed by atoms with Crippen molar-refractivity contribution in [2.45, 2.75) is 51.6 Å². The van der Waals surface area contributed by atoms with Crippen molar-refractivity contribution in [3.63, 3.8) is 0 Å². The third-order valence-electron chi connectivity index (χ3n) is 6.37. The highest BCUT2D eigenvalue weighted by Gasteiger charge is 2.32. The number of para-hydroxylation sites is 2. The van der Waals surface area contributed by atoms with E-state index < -0.39 is 6.36 Å². The summed E-state index contributed by atoms with van der Waals surface area (Å²) in [7, 11) is 0. The third-order valence-corrected chi connectivity index (χ3v) is 7.49. The van der Waals surface area contributed by atoms with Crippen LogP contribution in [0.15, 0.2) is 60.8 Å². The number of ether oxygens (including phenoxy) is 1. The molecule has 0 radical (unpaired) electrons. The van der Waals surface area contributed by atoms with Crippen molar-refractivity contribution in [3.05, 3.63) is 76.9 Å². The lowest BCUT2D eigenvalue weighted by atomic mass is 10.1. The number of rotatable bonds is 6. The lowest BCUT2D eigenvalue weighted by Gasteiger charge is -2.28. The Kier molecular flexibility index (Phi) is 6.66. The smallest absolute Gasteiger partial charge is 0.406 e. The van der Waals surface area contributed by atoms with Gasteiger partial charge in [0.15, 0.2) is 0 Å². The van der Waals surface area contributed by atoms with E-state index in [0.29, 0.717) is 23.3 Å². The zero-order chi connectivity index (χ0) is 25.3. The Morgan fingerprint density at radius 2 is 1.83 bits per heavy atom. The predicted octanol–water partition coefficient (Wildman–Crippen LogP) is 7.15. The lowest BCUT2D eigenvalue weighted by Crippen LogP contribution is -2.38. The second-order valence-electron chi connectivity index (χ2n) is 8.91. The van der Waals surface area contributed by atoms with E-state index in [-0.39, 0.29) is 17.7 Å². The van der Waals surface area contributed by atoms with Crippen molar-refractivity contribution in [1.82, 2.24) is 14.9 Å². The van der Waals surface area contributed by atoms with Crippen LogP contribution < -0.4 is 4.74 Å². The molecule has 2 aromatic carbocycles. The third kappa shape index (κ3) is 5.36. The van der Waals surface area contributed by atoms with E-state index in [4.69, 9.17) is 0 Å². The number of hydrogen-bond donors (Lipinski definition) is 0. The van der Waals surface area contributed by atoms with Crippen LogP contribution in [-0.2, 0) is 6.54 Å². The van der Waals surface area contributed by atoms with Gasteiger partial charge in [0.2, 0.25) is 0 Å². The summed E-state index contributed by atoms with van der Waals surface area (Å²) < 4.78 is 41.9. The zero-order valence-electron chi connectivity index (χ0n) is 19.6. The number of hydrogen-bond acceptors (Lipinski definition) is 5. The number of thiophene rings is 1.